The molecule has 9 nitrogen and oxygen atoms in total. The summed E-state index contributed by atoms with van der Waals surface area (Å²) in [7, 11) is 0. The predicted octanol–water partition coefficient (Wildman–Crippen LogP) is 5.57. The molecule has 2 atom stereocenters. The third-order valence-corrected chi connectivity index (χ3v) is 7.89. The Labute approximate surface area is 246 Å². The molecule has 5 rings (SSSR count). The van der Waals surface area contributed by atoms with Gasteiger partial charge >= 0.3 is 5.97 Å². The summed E-state index contributed by atoms with van der Waals surface area (Å²) in [4.78, 5) is 18.9. The van der Waals surface area contributed by atoms with Gasteiger partial charge in [0.15, 0.2) is 0 Å². The Hall–Kier alpha value is -4.21. The van der Waals surface area contributed by atoms with Gasteiger partial charge in [-0.15, -0.1) is 0 Å². The number of carboxylic acids is 1. The average molecular weight is 571 g/mol. The van der Waals surface area contributed by atoms with Crippen LogP contribution in [0.15, 0.2) is 66.1 Å². The number of nitrogens with one attached hydrogen (secondary N) is 2. The van der Waals surface area contributed by atoms with Gasteiger partial charge in [-0.3, -0.25) is 4.90 Å². The Morgan fingerprint density at radius 3 is 2.79 bits per heavy atom. The Morgan fingerprint density at radius 2 is 2.05 bits per heavy atom. The highest BCUT2D eigenvalue weighted by atomic mass is 16.5. The molecule has 2 aliphatic rings. The molecule has 0 aliphatic carbocycles. The third kappa shape index (κ3) is 6.48. The summed E-state index contributed by atoms with van der Waals surface area (Å²) in [5.74, 6) is -0.158. The average Bonchev–Trinajstić information content (AvgIpc) is 3.42. The lowest BCUT2D eigenvalue weighted by molar-refractivity contribution is -0.132. The summed E-state index contributed by atoms with van der Waals surface area (Å²) in [6.45, 7) is 9.45. The molecule has 0 spiro atoms. The zero-order valence-electron chi connectivity index (χ0n) is 24.4. The number of pyridine rings is 1. The van der Waals surface area contributed by atoms with Crippen molar-refractivity contribution in [2.45, 2.75) is 58.9 Å². The van der Waals surface area contributed by atoms with Crippen molar-refractivity contribution in [3.8, 4) is 17.0 Å². The Kier molecular flexibility index (Phi) is 9.19. The second-order valence-corrected chi connectivity index (χ2v) is 10.7. The minimum absolute atomic E-state index is 0.0352. The van der Waals surface area contributed by atoms with Gasteiger partial charge in [0, 0.05) is 37.5 Å². The first kappa shape index (κ1) is 29.3. The Balaban J connectivity index is 1.33. The van der Waals surface area contributed by atoms with Gasteiger partial charge in [0.05, 0.1) is 18.4 Å². The number of aliphatic carboxylic acids is 1. The van der Waals surface area contributed by atoms with E-state index in [9.17, 15) is 9.90 Å². The lowest BCUT2D eigenvalue weighted by Crippen LogP contribution is -2.42. The van der Waals surface area contributed by atoms with E-state index in [0.29, 0.717) is 30.3 Å². The molecule has 1 saturated heterocycles. The molecular formula is C33H38N4O5. The van der Waals surface area contributed by atoms with Gasteiger partial charge in [-0.25, -0.2) is 9.78 Å². The summed E-state index contributed by atoms with van der Waals surface area (Å²) >= 11 is 0. The number of carbonyl (C=O) groups is 1. The fourth-order valence-electron chi connectivity index (χ4n) is 5.72. The molecule has 1 fully saturated rings. The van der Waals surface area contributed by atoms with E-state index in [0.717, 1.165) is 61.2 Å². The van der Waals surface area contributed by atoms with Crippen LogP contribution in [0.25, 0.3) is 11.3 Å². The normalized spacial score (nSPS) is 19.0. The highest BCUT2D eigenvalue weighted by Crippen LogP contribution is 2.34. The summed E-state index contributed by atoms with van der Waals surface area (Å²) in [5, 5.41) is 19.9. The van der Waals surface area contributed by atoms with Crippen LogP contribution in [0.5, 0.6) is 5.75 Å². The van der Waals surface area contributed by atoms with Gasteiger partial charge in [-0.1, -0.05) is 36.4 Å². The highest BCUT2D eigenvalue weighted by molar-refractivity contribution is 6.08. The number of hydrogen-bond donors (Lipinski definition) is 3. The number of aryl methyl sites for hydroxylation is 1. The van der Waals surface area contributed by atoms with Gasteiger partial charge in [0.2, 0.25) is 5.88 Å². The van der Waals surface area contributed by atoms with Crippen LogP contribution in [0.3, 0.4) is 0 Å². The molecule has 42 heavy (non-hydrogen) atoms. The lowest BCUT2D eigenvalue weighted by Gasteiger charge is -2.35. The molecular weight excluding hydrogens is 532 g/mol. The molecule has 0 amide bonds. The minimum Gasteiger partial charge on any atom is -0.488 e. The lowest BCUT2D eigenvalue weighted by atomic mass is 9.95. The molecule has 3 heterocycles. The molecule has 2 aromatic carbocycles. The number of para-hydroxylation sites is 1. The number of anilines is 1. The van der Waals surface area contributed by atoms with Crippen molar-refractivity contribution in [1.29, 1.82) is 5.41 Å². The standard InChI is InChI=1S/C33H38N4O5/c1-4-40-32(27(18-34)33(38)39)36-30-10-6-9-28(35-30)26-8-5-7-21(2)31(26)42-20-23-11-12-25-19-37(15-13-24(25)17-23)29-14-16-41-22(29)3/h5-12,17-18,22,29,34H,4,13-16,19-20H2,1-3H3,(H,35,36)(H,38,39)/b32-27-,34-18?. The quantitative estimate of drug-likeness (QED) is 0.156. The Bertz CT molecular complexity index is 1490. The molecule has 0 radical (unpaired) electrons. The number of fused-ring (bicyclic) bond motifs is 1. The van der Waals surface area contributed by atoms with Crippen LogP contribution in [0, 0.1) is 12.3 Å². The molecule has 3 N–H and O–H groups in total. The van der Waals surface area contributed by atoms with Crippen molar-refractivity contribution >= 4 is 18.0 Å². The maximum absolute atomic E-state index is 11.6. The van der Waals surface area contributed by atoms with Crippen LogP contribution < -0.4 is 10.1 Å². The number of aromatic nitrogens is 1. The predicted molar refractivity (Wildman–Crippen MR) is 162 cm³/mol. The monoisotopic (exact) mass is 570 g/mol. The first-order chi connectivity index (χ1) is 20.4. The second-order valence-electron chi connectivity index (χ2n) is 10.7. The van der Waals surface area contributed by atoms with Crippen LogP contribution >= 0.6 is 0 Å². The van der Waals surface area contributed by atoms with E-state index in [1.165, 1.54) is 11.1 Å². The number of benzene rings is 2. The van der Waals surface area contributed by atoms with Crippen LogP contribution in [0.4, 0.5) is 5.82 Å². The zero-order valence-corrected chi connectivity index (χ0v) is 24.4. The van der Waals surface area contributed by atoms with Crippen molar-refractivity contribution in [2.24, 2.45) is 0 Å². The van der Waals surface area contributed by atoms with Crippen LogP contribution in [-0.4, -0.2) is 59.1 Å². The van der Waals surface area contributed by atoms with Gasteiger partial charge in [0.25, 0.3) is 0 Å². The first-order valence-corrected chi connectivity index (χ1v) is 14.4. The number of ether oxygens (including phenoxy) is 3. The number of nitrogens with zero attached hydrogens (tertiary/aromatic N) is 2. The molecule has 3 aromatic rings. The van der Waals surface area contributed by atoms with Gasteiger partial charge in [-0.2, -0.15) is 0 Å². The molecule has 0 saturated carbocycles. The molecule has 2 aliphatic heterocycles. The van der Waals surface area contributed by atoms with E-state index in [1.807, 2.05) is 37.3 Å². The van der Waals surface area contributed by atoms with E-state index < -0.39 is 5.97 Å². The second kappa shape index (κ2) is 13.2. The maximum Gasteiger partial charge on any atom is 0.342 e. The van der Waals surface area contributed by atoms with Crippen molar-refractivity contribution in [3.63, 3.8) is 0 Å². The van der Waals surface area contributed by atoms with E-state index in [4.69, 9.17) is 24.6 Å². The summed E-state index contributed by atoms with van der Waals surface area (Å²) in [6.07, 6.45) is 3.16. The van der Waals surface area contributed by atoms with Crippen molar-refractivity contribution in [2.75, 3.05) is 25.1 Å². The molecule has 9 heteroatoms. The largest absolute Gasteiger partial charge is 0.488 e. The molecule has 1 aromatic heterocycles. The maximum atomic E-state index is 11.6. The van der Waals surface area contributed by atoms with E-state index in [-0.39, 0.29) is 18.1 Å². The smallest absolute Gasteiger partial charge is 0.342 e. The number of rotatable bonds is 11. The van der Waals surface area contributed by atoms with Gasteiger partial charge in [0.1, 0.15) is 23.7 Å². The van der Waals surface area contributed by atoms with Crippen molar-refractivity contribution in [1.82, 2.24) is 9.88 Å². The topological polar surface area (TPSA) is 117 Å². The molecule has 2 unspecified atom stereocenters. The van der Waals surface area contributed by atoms with Gasteiger partial charge < -0.3 is 30.0 Å². The minimum atomic E-state index is -1.26. The third-order valence-electron chi connectivity index (χ3n) is 7.89. The first-order valence-electron chi connectivity index (χ1n) is 14.4. The number of carboxylic acid groups (broad SMARTS) is 1. The number of hydrogen-bond acceptors (Lipinski definition) is 8. The summed E-state index contributed by atoms with van der Waals surface area (Å²) < 4.78 is 17.7. The zero-order chi connectivity index (χ0) is 29.6. The molecule has 220 valence electrons. The van der Waals surface area contributed by atoms with Gasteiger partial charge in [-0.05, 0) is 74.1 Å². The Morgan fingerprint density at radius 1 is 1.21 bits per heavy atom. The fraction of sp³-hybridized carbons (Fsp3) is 0.364. The van der Waals surface area contributed by atoms with Crippen LogP contribution in [0.1, 0.15) is 42.5 Å². The fourth-order valence-corrected chi connectivity index (χ4v) is 5.72. The van der Waals surface area contributed by atoms with E-state index in [2.05, 4.69) is 35.3 Å². The summed E-state index contributed by atoms with van der Waals surface area (Å²) in [5.41, 5.74) is 6.07. The van der Waals surface area contributed by atoms with Crippen LogP contribution in [0.2, 0.25) is 0 Å². The summed E-state index contributed by atoms with van der Waals surface area (Å²) in [6, 6.07) is 18.5. The molecule has 0 bridgehead atoms. The van der Waals surface area contributed by atoms with Crippen LogP contribution in [-0.2, 0) is 33.8 Å². The van der Waals surface area contributed by atoms with E-state index >= 15 is 0 Å². The van der Waals surface area contributed by atoms with E-state index in [1.54, 1.807) is 13.0 Å². The van der Waals surface area contributed by atoms with Crippen molar-refractivity contribution in [3.05, 3.63) is 88.3 Å². The highest BCUT2D eigenvalue weighted by Gasteiger charge is 2.32. The SMILES string of the molecule is CCO/C(Nc1cccc(-c2cccc(C)c2OCc2ccc3c(c2)CCN(C2CCOC2C)C3)n1)=C(/C=N)C(=O)O. The van der Waals surface area contributed by atoms with Crippen molar-refractivity contribution < 1.29 is 24.1 Å².